The SMILES string of the molecule is CN=C(NCc1ccc([N+](=O)[O-])cc1)NCC(O)c1cc2ccccc2s1. The van der Waals surface area contributed by atoms with E-state index >= 15 is 0 Å². The molecule has 2 aromatic carbocycles. The van der Waals surface area contributed by atoms with E-state index < -0.39 is 11.0 Å². The van der Waals surface area contributed by atoms with E-state index in [2.05, 4.69) is 15.6 Å². The molecule has 0 saturated carbocycles. The van der Waals surface area contributed by atoms with Crippen molar-refractivity contribution in [2.75, 3.05) is 13.6 Å². The number of hydrogen-bond acceptors (Lipinski definition) is 5. The molecule has 0 fully saturated rings. The van der Waals surface area contributed by atoms with Crippen molar-refractivity contribution in [3.63, 3.8) is 0 Å². The first-order valence-corrected chi connectivity index (χ1v) is 9.23. The highest BCUT2D eigenvalue weighted by Crippen LogP contribution is 2.29. The van der Waals surface area contributed by atoms with Crippen LogP contribution in [0.3, 0.4) is 0 Å². The third kappa shape index (κ3) is 4.81. The molecule has 0 bridgehead atoms. The molecule has 1 unspecified atom stereocenters. The zero-order valence-electron chi connectivity index (χ0n) is 14.8. The van der Waals surface area contributed by atoms with Gasteiger partial charge in [-0.05, 0) is 23.1 Å². The smallest absolute Gasteiger partial charge is 0.269 e. The summed E-state index contributed by atoms with van der Waals surface area (Å²) in [6.07, 6.45) is -0.639. The van der Waals surface area contributed by atoms with Crippen molar-refractivity contribution in [3.05, 3.63) is 75.2 Å². The summed E-state index contributed by atoms with van der Waals surface area (Å²) < 4.78 is 1.15. The lowest BCUT2D eigenvalue weighted by Gasteiger charge is -2.14. The van der Waals surface area contributed by atoms with Crippen molar-refractivity contribution in [2.24, 2.45) is 4.99 Å². The Morgan fingerprint density at radius 1 is 1.22 bits per heavy atom. The molecule has 140 valence electrons. The van der Waals surface area contributed by atoms with Crippen LogP contribution in [0.1, 0.15) is 16.5 Å². The van der Waals surface area contributed by atoms with Gasteiger partial charge in [-0.15, -0.1) is 11.3 Å². The Bertz CT molecular complexity index is 920. The third-order valence-electron chi connectivity index (χ3n) is 4.07. The number of nitrogens with zero attached hydrogens (tertiary/aromatic N) is 2. The van der Waals surface area contributed by atoms with Gasteiger partial charge in [-0.1, -0.05) is 30.3 Å². The summed E-state index contributed by atoms with van der Waals surface area (Å²) in [7, 11) is 1.65. The quantitative estimate of drug-likeness (QED) is 0.262. The first-order valence-electron chi connectivity index (χ1n) is 8.41. The molecule has 1 heterocycles. The Morgan fingerprint density at radius 2 is 1.96 bits per heavy atom. The summed E-state index contributed by atoms with van der Waals surface area (Å²) in [4.78, 5) is 15.3. The number of nitro benzene ring substituents is 1. The van der Waals surface area contributed by atoms with Crippen molar-refractivity contribution >= 4 is 33.1 Å². The van der Waals surface area contributed by atoms with Crippen LogP contribution in [-0.4, -0.2) is 29.6 Å². The minimum Gasteiger partial charge on any atom is -0.386 e. The van der Waals surface area contributed by atoms with Crippen LogP contribution in [0.5, 0.6) is 0 Å². The lowest BCUT2D eigenvalue weighted by atomic mass is 10.2. The molecule has 0 aliphatic carbocycles. The lowest BCUT2D eigenvalue weighted by molar-refractivity contribution is -0.384. The van der Waals surface area contributed by atoms with Crippen molar-refractivity contribution < 1.29 is 10.0 Å². The predicted molar refractivity (Wildman–Crippen MR) is 108 cm³/mol. The van der Waals surface area contributed by atoms with Gasteiger partial charge < -0.3 is 15.7 Å². The fraction of sp³-hybridized carbons (Fsp3) is 0.211. The van der Waals surface area contributed by atoms with E-state index in [0.717, 1.165) is 20.5 Å². The number of nitrogens with one attached hydrogen (secondary N) is 2. The first-order chi connectivity index (χ1) is 13.1. The number of nitro groups is 1. The normalized spacial score (nSPS) is 12.7. The number of hydrogen-bond donors (Lipinski definition) is 3. The topological polar surface area (TPSA) is 99.8 Å². The van der Waals surface area contributed by atoms with Crippen LogP contribution in [0.4, 0.5) is 5.69 Å². The van der Waals surface area contributed by atoms with Crippen LogP contribution in [-0.2, 0) is 6.54 Å². The molecule has 1 atom stereocenters. The van der Waals surface area contributed by atoms with Crippen molar-refractivity contribution in [1.82, 2.24) is 10.6 Å². The molecule has 0 aliphatic heterocycles. The number of benzene rings is 2. The zero-order valence-corrected chi connectivity index (χ0v) is 15.6. The molecule has 0 amide bonds. The Hall–Kier alpha value is -2.97. The number of guanidine groups is 1. The second-order valence-corrected chi connectivity index (χ2v) is 7.05. The molecule has 3 aromatic rings. The van der Waals surface area contributed by atoms with Gasteiger partial charge in [0.15, 0.2) is 5.96 Å². The predicted octanol–water partition coefficient (Wildman–Crippen LogP) is 3.21. The molecule has 3 rings (SSSR count). The molecule has 3 N–H and O–H groups in total. The number of aliphatic hydroxyl groups is 1. The summed E-state index contributed by atoms with van der Waals surface area (Å²) in [6, 6.07) is 16.4. The summed E-state index contributed by atoms with van der Waals surface area (Å²) in [5.41, 5.74) is 0.960. The number of non-ortho nitro benzene ring substituents is 1. The largest absolute Gasteiger partial charge is 0.386 e. The Balaban J connectivity index is 1.53. The molecule has 1 aromatic heterocycles. The van der Waals surface area contributed by atoms with E-state index in [4.69, 9.17) is 0 Å². The maximum atomic E-state index is 10.7. The lowest BCUT2D eigenvalue weighted by Crippen LogP contribution is -2.38. The third-order valence-corrected chi connectivity index (χ3v) is 5.28. The van der Waals surface area contributed by atoms with Gasteiger partial charge in [-0.2, -0.15) is 0 Å². The molecule has 8 heteroatoms. The van der Waals surface area contributed by atoms with Gasteiger partial charge >= 0.3 is 0 Å². The van der Waals surface area contributed by atoms with Crippen LogP contribution >= 0.6 is 11.3 Å². The summed E-state index contributed by atoms with van der Waals surface area (Å²) in [5, 5.41) is 28.5. The van der Waals surface area contributed by atoms with Gasteiger partial charge in [0, 0.05) is 41.8 Å². The zero-order chi connectivity index (χ0) is 19.2. The van der Waals surface area contributed by atoms with E-state index in [1.54, 1.807) is 30.5 Å². The second-order valence-electron chi connectivity index (χ2n) is 5.93. The van der Waals surface area contributed by atoms with E-state index in [-0.39, 0.29) is 5.69 Å². The number of fused-ring (bicyclic) bond motifs is 1. The number of thiophene rings is 1. The standard InChI is InChI=1S/C19H20N4O3S/c1-20-19(21-11-13-6-8-15(9-7-13)23(25)26)22-12-16(24)18-10-14-4-2-3-5-17(14)27-18/h2-10,16,24H,11-12H2,1H3,(H2,20,21,22). The summed E-state index contributed by atoms with van der Waals surface area (Å²) in [5.74, 6) is 0.550. The molecular formula is C19H20N4O3S. The van der Waals surface area contributed by atoms with Gasteiger partial charge in [-0.25, -0.2) is 0 Å². The monoisotopic (exact) mass is 384 g/mol. The van der Waals surface area contributed by atoms with E-state index in [1.807, 2.05) is 30.3 Å². The molecule has 7 nitrogen and oxygen atoms in total. The van der Waals surface area contributed by atoms with Gasteiger partial charge in [0.25, 0.3) is 5.69 Å². The molecule has 0 radical (unpaired) electrons. The summed E-state index contributed by atoms with van der Waals surface area (Å²) in [6.45, 7) is 0.795. The molecule has 0 saturated heterocycles. The van der Waals surface area contributed by atoms with Crippen LogP contribution in [0.2, 0.25) is 0 Å². The highest BCUT2D eigenvalue weighted by atomic mass is 32.1. The van der Waals surface area contributed by atoms with E-state index in [0.29, 0.717) is 19.0 Å². The number of rotatable bonds is 6. The molecule has 0 aliphatic rings. The Morgan fingerprint density at radius 3 is 2.63 bits per heavy atom. The van der Waals surface area contributed by atoms with Crippen LogP contribution in [0.25, 0.3) is 10.1 Å². The van der Waals surface area contributed by atoms with E-state index in [9.17, 15) is 15.2 Å². The Kier molecular flexibility index (Phi) is 6.00. The molecule has 27 heavy (non-hydrogen) atoms. The van der Waals surface area contributed by atoms with Crippen molar-refractivity contribution in [1.29, 1.82) is 0 Å². The second kappa shape index (κ2) is 8.61. The summed E-state index contributed by atoms with van der Waals surface area (Å²) >= 11 is 1.57. The molecule has 0 spiro atoms. The van der Waals surface area contributed by atoms with Gasteiger partial charge in [0.2, 0.25) is 0 Å². The average Bonchev–Trinajstić information content (AvgIpc) is 3.12. The minimum absolute atomic E-state index is 0.0627. The number of aliphatic imine (C=N–C) groups is 1. The minimum atomic E-state index is -0.639. The van der Waals surface area contributed by atoms with Gasteiger partial charge in [-0.3, -0.25) is 15.1 Å². The fourth-order valence-electron chi connectivity index (χ4n) is 2.60. The maximum absolute atomic E-state index is 10.7. The highest BCUT2D eigenvalue weighted by molar-refractivity contribution is 7.19. The number of aliphatic hydroxyl groups excluding tert-OH is 1. The van der Waals surface area contributed by atoms with Crippen molar-refractivity contribution in [2.45, 2.75) is 12.6 Å². The van der Waals surface area contributed by atoms with Crippen LogP contribution in [0, 0.1) is 10.1 Å². The Labute approximate surface area is 160 Å². The van der Waals surface area contributed by atoms with Gasteiger partial charge in [0.05, 0.1) is 4.92 Å². The maximum Gasteiger partial charge on any atom is 0.269 e. The fourth-order valence-corrected chi connectivity index (χ4v) is 3.65. The van der Waals surface area contributed by atoms with Crippen molar-refractivity contribution in [3.8, 4) is 0 Å². The van der Waals surface area contributed by atoms with Crippen LogP contribution < -0.4 is 10.6 Å². The molecular weight excluding hydrogens is 364 g/mol. The van der Waals surface area contributed by atoms with Gasteiger partial charge in [0.1, 0.15) is 6.10 Å². The first kappa shape index (κ1) is 18.8. The average molecular weight is 384 g/mol. The van der Waals surface area contributed by atoms with Crippen LogP contribution in [0.15, 0.2) is 59.6 Å². The highest BCUT2D eigenvalue weighted by Gasteiger charge is 2.12. The van der Waals surface area contributed by atoms with E-state index in [1.165, 1.54) is 12.1 Å².